The van der Waals surface area contributed by atoms with Crippen molar-refractivity contribution < 1.29 is 0 Å². The van der Waals surface area contributed by atoms with E-state index in [4.69, 9.17) is 0 Å². The molecule has 2 saturated heterocycles. The molecule has 5 heteroatoms. The van der Waals surface area contributed by atoms with Gasteiger partial charge < -0.3 is 4.98 Å². The van der Waals surface area contributed by atoms with E-state index in [9.17, 15) is 0 Å². The van der Waals surface area contributed by atoms with E-state index in [2.05, 4.69) is 38.0 Å². The van der Waals surface area contributed by atoms with Gasteiger partial charge in [0.1, 0.15) is 12.0 Å². The largest absolute Gasteiger partial charge is 0.346 e. The Morgan fingerprint density at radius 1 is 1.28 bits per heavy atom. The molecule has 1 N–H and O–H groups in total. The van der Waals surface area contributed by atoms with E-state index in [0.29, 0.717) is 6.04 Å². The first kappa shape index (κ1) is 10.3. The van der Waals surface area contributed by atoms with Crippen molar-refractivity contribution in [3.63, 3.8) is 0 Å². The fraction of sp³-hybridized carbons (Fsp3) is 0.538. The Labute approximate surface area is 106 Å². The van der Waals surface area contributed by atoms with Crippen LogP contribution in [-0.2, 0) is 0 Å². The third-order valence-corrected chi connectivity index (χ3v) is 4.27. The fourth-order valence-corrected chi connectivity index (χ4v) is 3.27. The van der Waals surface area contributed by atoms with Gasteiger partial charge in [-0.05, 0) is 31.7 Å². The monoisotopic (exact) mass is 243 g/mol. The number of H-pyrrole nitrogens is 1. The van der Waals surface area contributed by atoms with Gasteiger partial charge >= 0.3 is 0 Å². The van der Waals surface area contributed by atoms with Gasteiger partial charge in [0.2, 0.25) is 0 Å². The van der Waals surface area contributed by atoms with Crippen LogP contribution in [0.1, 0.15) is 19.8 Å². The molecular weight excluding hydrogens is 226 g/mol. The van der Waals surface area contributed by atoms with Gasteiger partial charge in [-0.3, -0.25) is 5.01 Å². The molecule has 0 aromatic carbocycles. The molecule has 5 nitrogen and oxygen atoms in total. The van der Waals surface area contributed by atoms with Crippen molar-refractivity contribution in [2.75, 3.05) is 18.1 Å². The number of rotatable bonds is 1. The van der Waals surface area contributed by atoms with Crippen molar-refractivity contribution in [2.45, 2.75) is 25.8 Å². The average molecular weight is 243 g/mol. The van der Waals surface area contributed by atoms with Crippen molar-refractivity contribution in [1.82, 2.24) is 20.0 Å². The second-order valence-electron chi connectivity index (χ2n) is 5.43. The Hall–Kier alpha value is -1.62. The SMILES string of the molecule is CC1CCC2CN(c3ncnc4[nH]ccc34)N1C2. The molecule has 0 saturated carbocycles. The molecule has 0 amide bonds. The van der Waals surface area contributed by atoms with E-state index in [1.807, 2.05) is 6.20 Å². The van der Waals surface area contributed by atoms with Crippen LogP contribution >= 0.6 is 0 Å². The van der Waals surface area contributed by atoms with Crippen LogP contribution in [0.5, 0.6) is 0 Å². The number of aromatic amines is 1. The van der Waals surface area contributed by atoms with Crippen molar-refractivity contribution in [2.24, 2.45) is 5.92 Å². The average Bonchev–Trinajstić information content (AvgIpc) is 2.99. The molecule has 2 fully saturated rings. The zero-order valence-electron chi connectivity index (χ0n) is 10.5. The van der Waals surface area contributed by atoms with Gasteiger partial charge in [-0.25, -0.2) is 15.0 Å². The van der Waals surface area contributed by atoms with Gasteiger partial charge in [-0.2, -0.15) is 0 Å². The minimum Gasteiger partial charge on any atom is -0.346 e. The smallest absolute Gasteiger partial charge is 0.155 e. The summed E-state index contributed by atoms with van der Waals surface area (Å²) in [4.78, 5) is 11.9. The van der Waals surface area contributed by atoms with E-state index < -0.39 is 0 Å². The van der Waals surface area contributed by atoms with Crippen LogP contribution in [-0.4, -0.2) is 39.1 Å². The number of hydrogen-bond donors (Lipinski definition) is 1. The van der Waals surface area contributed by atoms with Gasteiger partial charge in [0.05, 0.1) is 5.39 Å². The van der Waals surface area contributed by atoms with Crippen LogP contribution in [0.15, 0.2) is 18.6 Å². The van der Waals surface area contributed by atoms with Crippen LogP contribution in [0.3, 0.4) is 0 Å². The van der Waals surface area contributed by atoms with Gasteiger partial charge in [-0.15, -0.1) is 0 Å². The first-order valence-corrected chi connectivity index (χ1v) is 6.65. The van der Waals surface area contributed by atoms with Crippen LogP contribution in [0, 0.1) is 5.92 Å². The van der Waals surface area contributed by atoms with E-state index in [-0.39, 0.29) is 0 Å². The first-order chi connectivity index (χ1) is 8.83. The number of piperidine rings is 1. The number of hydrazine groups is 1. The summed E-state index contributed by atoms with van der Waals surface area (Å²) in [5.74, 6) is 1.85. The molecule has 2 aliphatic rings. The summed E-state index contributed by atoms with van der Waals surface area (Å²) in [6.45, 7) is 4.59. The molecule has 3 unspecified atom stereocenters. The quantitative estimate of drug-likeness (QED) is 0.829. The predicted octanol–water partition coefficient (Wildman–Crippen LogP) is 1.79. The highest BCUT2D eigenvalue weighted by molar-refractivity contribution is 5.87. The van der Waals surface area contributed by atoms with Crippen LogP contribution in [0.25, 0.3) is 11.0 Å². The van der Waals surface area contributed by atoms with Crippen LogP contribution < -0.4 is 5.01 Å². The van der Waals surface area contributed by atoms with E-state index in [0.717, 1.165) is 29.3 Å². The molecule has 4 heterocycles. The highest BCUT2D eigenvalue weighted by atomic mass is 15.7. The van der Waals surface area contributed by atoms with Gasteiger partial charge in [0.15, 0.2) is 5.82 Å². The Morgan fingerprint density at radius 2 is 2.22 bits per heavy atom. The number of hydrogen-bond acceptors (Lipinski definition) is 4. The maximum atomic E-state index is 4.51. The maximum Gasteiger partial charge on any atom is 0.155 e. The summed E-state index contributed by atoms with van der Waals surface area (Å²) >= 11 is 0. The lowest BCUT2D eigenvalue weighted by atomic mass is 9.97. The summed E-state index contributed by atoms with van der Waals surface area (Å²) in [6.07, 6.45) is 6.23. The maximum absolute atomic E-state index is 4.51. The van der Waals surface area contributed by atoms with Crippen molar-refractivity contribution in [1.29, 1.82) is 0 Å². The van der Waals surface area contributed by atoms with Crippen LogP contribution in [0.4, 0.5) is 5.82 Å². The summed E-state index contributed by atoms with van der Waals surface area (Å²) in [5, 5.41) is 5.96. The molecule has 2 aromatic rings. The molecule has 4 rings (SSSR count). The minimum absolute atomic E-state index is 0.618. The number of nitrogens with one attached hydrogen (secondary N) is 1. The third kappa shape index (κ3) is 1.37. The molecule has 2 aromatic heterocycles. The third-order valence-electron chi connectivity index (χ3n) is 4.27. The topological polar surface area (TPSA) is 48.1 Å². The Balaban J connectivity index is 1.81. The Morgan fingerprint density at radius 3 is 3.17 bits per heavy atom. The lowest BCUT2D eigenvalue weighted by Gasteiger charge is -2.34. The number of nitrogens with zero attached hydrogens (tertiary/aromatic N) is 4. The van der Waals surface area contributed by atoms with Gasteiger partial charge in [0.25, 0.3) is 0 Å². The normalized spacial score (nSPS) is 31.2. The Bertz CT molecular complexity index is 578. The number of anilines is 1. The zero-order chi connectivity index (χ0) is 12.1. The molecular formula is C13H17N5. The second kappa shape index (κ2) is 3.68. The fourth-order valence-electron chi connectivity index (χ4n) is 3.27. The summed E-state index contributed by atoms with van der Waals surface area (Å²) < 4.78 is 0. The van der Waals surface area contributed by atoms with Gasteiger partial charge in [-0.1, -0.05) is 0 Å². The summed E-state index contributed by atoms with van der Waals surface area (Å²) in [5.41, 5.74) is 0.926. The van der Waals surface area contributed by atoms with Gasteiger partial charge in [0, 0.05) is 25.3 Å². The summed E-state index contributed by atoms with van der Waals surface area (Å²) in [7, 11) is 0. The molecule has 3 atom stereocenters. The summed E-state index contributed by atoms with van der Waals surface area (Å²) in [6, 6.07) is 2.69. The van der Waals surface area contributed by atoms with E-state index in [1.165, 1.54) is 19.4 Å². The first-order valence-electron chi connectivity index (χ1n) is 6.65. The molecule has 0 spiro atoms. The van der Waals surface area contributed by atoms with E-state index >= 15 is 0 Å². The standard InChI is InChI=1S/C13H17N5/c1-9-2-3-10-6-17(9)18(7-10)13-11-4-5-14-12(11)15-8-16-13/h4-5,8-10H,2-3,6-7H2,1H3,(H,14,15,16). The molecule has 94 valence electrons. The van der Waals surface area contributed by atoms with Crippen molar-refractivity contribution in [3.8, 4) is 0 Å². The predicted molar refractivity (Wildman–Crippen MR) is 70.1 cm³/mol. The molecule has 0 aliphatic carbocycles. The molecule has 0 radical (unpaired) electrons. The van der Waals surface area contributed by atoms with Crippen LogP contribution in [0.2, 0.25) is 0 Å². The Kier molecular flexibility index (Phi) is 2.11. The second-order valence-corrected chi connectivity index (χ2v) is 5.43. The lowest BCUT2D eigenvalue weighted by molar-refractivity contribution is 0.180. The zero-order valence-corrected chi connectivity index (χ0v) is 10.5. The minimum atomic E-state index is 0.618. The van der Waals surface area contributed by atoms with Crippen molar-refractivity contribution >= 4 is 16.9 Å². The molecule has 18 heavy (non-hydrogen) atoms. The highest BCUT2D eigenvalue weighted by Gasteiger charge is 2.38. The highest BCUT2D eigenvalue weighted by Crippen LogP contribution is 2.35. The van der Waals surface area contributed by atoms with Crippen molar-refractivity contribution in [3.05, 3.63) is 18.6 Å². The number of aromatic nitrogens is 3. The molecule has 2 bridgehead atoms. The lowest BCUT2D eigenvalue weighted by Crippen LogP contribution is -2.44. The molecule has 2 aliphatic heterocycles. The van der Waals surface area contributed by atoms with E-state index in [1.54, 1.807) is 6.33 Å². The number of fused-ring (bicyclic) bond motifs is 3.